The molecule has 5 heteroatoms. The van der Waals surface area contributed by atoms with E-state index >= 15 is 0 Å². The summed E-state index contributed by atoms with van der Waals surface area (Å²) in [5, 5.41) is 9.49. The summed E-state index contributed by atoms with van der Waals surface area (Å²) in [7, 11) is 0. The van der Waals surface area contributed by atoms with E-state index in [0.717, 1.165) is 103 Å². The van der Waals surface area contributed by atoms with Gasteiger partial charge in [-0.2, -0.15) is 0 Å². The van der Waals surface area contributed by atoms with Crippen LogP contribution in [-0.4, -0.2) is 36.4 Å². The van der Waals surface area contributed by atoms with Gasteiger partial charge in [-0.25, -0.2) is 0 Å². The summed E-state index contributed by atoms with van der Waals surface area (Å²) < 4.78 is 10.5. The van der Waals surface area contributed by atoms with Crippen molar-refractivity contribution in [3.8, 4) is 0 Å². The fourth-order valence-electron chi connectivity index (χ4n) is 6.17. The quantitative estimate of drug-likeness (QED) is 0.0377. The Balaban J connectivity index is 3.57. The Kier molecular flexibility index (Phi) is 46.6. The number of hydrogen-bond acceptors (Lipinski definition) is 5. The fourth-order valence-corrected chi connectivity index (χ4v) is 6.17. The molecular weight excluding hydrogens is 741 g/mol. The van der Waals surface area contributed by atoms with Crippen LogP contribution >= 0.6 is 0 Å². The van der Waals surface area contributed by atoms with Gasteiger partial charge in [0.25, 0.3) is 0 Å². The summed E-state index contributed by atoms with van der Waals surface area (Å²) in [4.78, 5) is 24.0. The predicted molar refractivity (Wildman–Crippen MR) is 260 cm³/mol. The van der Waals surface area contributed by atoms with E-state index in [4.69, 9.17) is 9.47 Å². The van der Waals surface area contributed by atoms with E-state index in [-0.39, 0.29) is 25.2 Å². The second kappa shape index (κ2) is 49.7. The average molecular weight is 829 g/mol. The van der Waals surface area contributed by atoms with Crippen LogP contribution in [0, 0.1) is 0 Å². The van der Waals surface area contributed by atoms with Crippen LogP contribution in [0.2, 0.25) is 0 Å². The number of rotatable bonds is 42. The van der Waals surface area contributed by atoms with Crippen molar-refractivity contribution in [3.63, 3.8) is 0 Å². The lowest BCUT2D eigenvalue weighted by Gasteiger charge is -2.15. The molecule has 0 radical (unpaired) electrons. The van der Waals surface area contributed by atoms with E-state index in [1.165, 1.54) is 64.2 Å². The van der Waals surface area contributed by atoms with Crippen molar-refractivity contribution in [2.24, 2.45) is 0 Å². The number of hydrogen-bond donors (Lipinski definition) is 1. The Hall–Kier alpha value is -3.70. The zero-order chi connectivity index (χ0) is 43.5. The van der Waals surface area contributed by atoms with E-state index in [9.17, 15) is 14.7 Å². The van der Waals surface area contributed by atoms with Gasteiger partial charge in [-0.15, -0.1) is 0 Å². The van der Waals surface area contributed by atoms with Crippen LogP contribution in [0.15, 0.2) is 122 Å². The van der Waals surface area contributed by atoms with Crippen molar-refractivity contribution in [1.82, 2.24) is 0 Å². The van der Waals surface area contributed by atoms with Gasteiger partial charge in [0.1, 0.15) is 6.61 Å². The molecular formula is C55H88O5. The summed E-state index contributed by atoms with van der Waals surface area (Å²) in [5.41, 5.74) is 0. The van der Waals surface area contributed by atoms with Gasteiger partial charge in [0.15, 0.2) is 6.10 Å². The molecule has 1 atom stereocenters. The van der Waals surface area contributed by atoms with Crippen LogP contribution in [0.5, 0.6) is 0 Å². The molecule has 0 amide bonds. The maximum absolute atomic E-state index is 12.1. The maximum Gasteiger partial charge on any atom is 0.306 e. The molecule has 0 aliphatic carbocycles. The first-order valence-electron chi connectivity index (χ1n) is 24.1. The Morgan fingerprint density at radius 2 is 0.717 bits per heavy atom. The molecule has 0 spiro atoms. The first kappa shape index (κ1) is 56.3. The Morgan fingerprint density at radius 3 is 1.08 bits per heavy atom. The van der Waals surface area contributed by atoms with Crippen LogP contribution in [0.25, 0.3) is 0 Å². The Bertz CT molecular complexity index is 1260. The molecule has 1 N–H and O–H groups in total. The SMILES string of the molecule is CC/C=C\C/C=C\C/C=C\C/C=C\C/C=C\C/C=C\C/C=C\C/C=C\C/C=C\C/C=C\CCCCCCCCCCCCC(=O)OC(CO)COC(=O)CCCCCCC. The average Bonchev–Trinajstić information content (AvgIpc) is 3.25. The summed E-state index contributed by atoms with van der Waals surface area (Å²) in [6.45, 7) is 3.91. The molecule has 0 saturated carbocycles. The lowest BCUT2D eigenvalue weighted by molar-refractivity contribution is -0.161. The molecule has 338 valence electrons. The monoisotopic (exact) mass is 829 g/mol. The lowest BCUT2D eigenvalue weighted by atomic mass is 10.0. The van der Waals surface area contributed by atoms with Gasteiger partial charge < -0.3 is 14.6 Å². The van der Waals surface area contributed by atoms with Crippen molar-refractivity contribution < 1.29 is 24.2 Å². The minimum atomic E-state index is -0.775. The third kappa shape index (κ3) is 47.0. The molecule has 0 aliphatic heterocycles. The molecule has 0 aromatic heterocycles. The maximum atomic E-state index is 12.1. The number of allylic oxidation sites excluding steroid dienone is 20. The highest BCUT2D eigenvalue weighted by atomic mass is 16.6. The second-order valence-electron chi connectivity index (χ2n) is 15.5. The van der Waals surface area contributed by atoms with Gasteiger partial charge in [-0.3, -0.25) is 9.59 Å². The van der Waals surface area contributed by atoms with Crippen LogP contribution in [0.3, 0.4) is 0 Å². The molecule has 0 heterocycles. The van der Waals surface area contributed by atoms with Crippen LogP contribution in [0.1, 0.15) is 194 Å². The molecule has 1 unspecified atom stereocenters. The Morgan fingerprint density at radius 1 is 0.400 bits per heavy atom. The molecule has 0 fully saturated rings. The lowest BCUT2D eigenvalue weighted by Crippen LogP contribution is -2.28. The van der Waals surface area contributed by atoms with Gasteiger partial charge >= 0.3 is 11.9 Å². The number of unbranched alkanes of at least 4 members (excludes halogenated alkanes) is 14. The highest BCUT2D eigenvalue weighted by Crippen LogP contribution is 2.13. The highest BCUT2D eigenvalue weighted by Gasteiger charge is 2.16. The zero-order valence-electron chi connectivity index (χ0n) is 38.4. The van der Waals surface area contributed by atoms with Crippen LogP contribution in [0.4, 0.5) is 0 Å². The van der Waals surface area contributed by atoms with E-state index in [1.54, 1.807) is 0 Å². The molecule has 0 saturated heterocycles. The topological polar surface area (TPSA) is 72.8 Å². The molecule has 5 nitrogen and oxygen atoms in total. The normalized spacial score (nSPS) is 13.3. The minimum absolute atomic E-state index is 0.0733. The molecule has 0 bridgehead atoms. The van der Waals surface area contributed by atoms with Crippen molar-refractivity contribution in [2.45, 2.75) is 200 Å². The van der Waals surface area contributed by atoms with Crippen LogP contribution < -0.4 is 0 Å². The van der Waals surface area contributed by atoms with Crippen molar-refractivity contribution in [2.75, 3.05) is 13.2 Å². The van der Waals surface area contributed by atoms with E-state index in [0.29, 0.717) is 12.8 Å². The number of carbonyl (C=O) groups is 2. The standard InChI is InChI=1S/C55H88O5/c1-3-5-7-9-10-11-12-13-14-15-16-17-18-19-20-21-22-23-24-25-26-27-28-29-30-31-32-33-34-35-36-37-38-39-40-41-42-43-44-46-48-50-55(58)60-53(51-56)52-59-54(57)49-47-45-8-6-4-2/h5,7,10-11,13-14,16-17,19-20,22-23,25-26,28-29,31-32,34-35,53,56H,3-4,6,8-9,12,15,18,21,24,27,30,33,36-52H2,1-2H3/b7-5-,11-10-,14-13-,17-16-,20-19-,23-22-,26-25-,29-28-,32-31-,35-34-. The summed E-state index contributed by atoms with van der Waals surface area (Å²) in [5.74, 6) is -0.618. The molecule has 0 rings (SSSR count). The van der Waals surface area contributed by atoms with Crippen molar-refractivity contribution >= 4 is 11.9 Å². The molecule has 60 heavy (non-hydrogen) atoms. The van der Waals surface area contributed by atoms with Crippen LogP contribution in [-0.2, 0) is 19.1 Å². The van der Waals surface area contributed by atoms with E-state index in [1.807, 2.05) is 0 Å². The van der Waals surface area contributed by atoms with Gasteiger partial charge in [0.05, 0.1) is 6.61 Å². The number of esters is 2. The molecule has 0 aromatic carbocycles. The number of aliphatic hydroxyl groups excluding tert-OH is 1. The molecule has 0 aliphatic rings. The number of aliphatic hydroxyl groups is 1. The zero-order valence-corrected chi connectivity index (χ0v) is 38.4. The van der Waals surface area contributed by atoms with Crippen molar-refractivity contribution in [3.05, 3.63) is 122 Å². The Labute approximate surface area is 369 Å². The van der Waals surface area contributed by atoms with E-state index in [2.05, 4.69) is 135 Å². The molecule has 0 aromatic rings. The third-order valence-corrected chi connectivity index (χ3v) is 9.77. The summed E-state index contributed by atoms with van der Waals surface area (Å²) in [6.07, 6.45) is 73.4. The number of carbonyl (C=O) groups excluding carboxylic acids is 2. The highest BCUT2D eigenvalue weighted by molar-refractivity contribution is 5.70. The fraction of sp³-hybridized carbons (Fsp3) is 0.600. The van der Waals surface area contributed by atoms with Gasteiger partial charge in [-0.1, -0.05) is 212 Å². The first-order chi connectivity index (χ1) is 29.6. The summed E-state index contributed by atoms with van der Waals surface area (Å²) in [6, 6.07) is 0. The van der Waals surface area contributed by atoms with Gasteiger partial charge in [0.2, 0.25) is 0 Å². The summed E-state index contributed by atoms with van der Waals surface area (Å²) >= 11 is 0. The van der Waals surface area contributed by atoms with Gasteiger partial charge in [0, 0.05) is 12.8 Å². The van der Waals surface area contributed by atoms with E-state index < -0.39 is 6.10 Å². The first-order valence-corrected chi connectivity index (χ1v) is 24.1. The van der Waals surface area contributed by atoms with Gasteiger partial charge in [-0.05, 0) is 89.9 Å². The smallest absolute Gasteiger partial charge is 0.306 e. The minimum Gasteiger partial charge on any atom is -0.462 e. The third-order valence-electron chi connectivity index (χ3n) is 9.77. The predicted octanol–water partition coefficient (Wildman–Crippen LogP) is 16.0. The van der Waals surface area contributed by atoms with Crippen molar-refractivity contribution in [1.29, 1.82) is 0 Å². The largest absolute Gasteiger partial charge is 0.462 e. The number of ether oxygens (including phenoxy) is 2. The second-order valence-corrected chi connectivity index (χ2v) is 15.5.